The van der Waals surface area contributed by atoms with Crippen LogP contribution in [0.3, 0.4) is 0 Å². The zero-order valence-electron chi connectivity index (χ0n) is 11.5. The van der Waals surface area contributed by atoms with E-state index in [4.69, 9.17) is 4.74 Å². The molecule has 3 rings (SSSR count). The Morgan fingerprint density at radius 1 is 1.33 bits per heavy atom. The molecule has 0 aliphatic carbocycles. The zero-order valence-corrected chi connectivity index (χ0v) is 11.5. The van der Waals surface area contributed by atoms with Crippen LogP contribution in [0.25, 0.3) is 16.8 Å². The number of pyridine rings is 2. The van der Waals surface area contributed by atoms with Crippen LogP contribution in [0.5, 0.6) is 5.88 Å². The maximum Gasteiger partial charge on any atom is 0.340 e. The molecule has 5 nitrogen and oxygen atoms in total. The molecule has 1 N–H and O–H groups in total. The van der Waals surface area contributed by atoms with E-state index in [9.17, 15) is 9.90 Å². The van der Waals surface area contributed by atoms with Crippen molar-refractivity contribution in [2.75, 3.05) is 6.61 Å². The van der Waals surface area contributed by atoms with Crippen molar-refractivity contribution < 1.29 is 14.6 Å². The summed E-state index contributed by atoms with van der Waals surface area (Å²) in [7, 11) is 0. The number of hydrogen-bond donors (Lipinski definition) is 1. The first-order valence-electron chi connectivity index (χ1n) is 6.63. The number of aromatic nitrogens is 2. The van der Waals surface area contributed by atoms with Gasteiger partial charge in [0.1, 0.15) is 0 Å². The summed E-state index contributed by atoms with van der Waals surface area (Å²) in [4.78, 5) is 16.0. The minimum absolute atomic E-state index is 0.0896. The molecule has 0 amide bonds. The predicted octanol–water partition coefficient (Wildman–Crippen LogP) is 2.88. The summed E-state index contributed by atoms with van der Waals surface area (Å²) >= 11 is 0. The van der Waals surface area contributed by atoms with E-state index in [0.29, 0.717) is 23.4 Å². The van der Waals surface area contributed by atoms with Crippen molar-refractivity contribution in [2.24, 2.45) is 0 Å². The SMILES string of the molecule is CCOC(=O)c1cc2ccccn2c1-c1ccnc(O)c1. The second-order valence-corrected chi connectivity index (χ2v) is 4.53. The van der Waals surface area contributed by atoms with E-state index < -0.39 is 0 Å². The third-order valence-electron chi connectivity index (χ3n) is 3.19. The smallest absolute Gasteiger partial charge is 0.340 e. The van der Waals surface area contributed by atoms with Crippen LogP contribution in [0.4, 0.5) is 0 Å². The average molecular weight is 282 g/mol. The van der Waals surface area contributed by atoms with Gasteiger partial charge in [-0.2, -0.15) is 0 Å². The van der Waals surface area contributed by atoms with Crippen LogP contribution in [-0.2, 0) is 4.74 Å². The molecule has 0 spiro atoms. The largest absolute Gasteiger partial charge is 0.493 e. The summed E-state index contributed by atoms with van der Waals surface area (Å²) in [5.74, 6) is -0.472. The molecular weight excluding hydrogens is 268 g/mol. The second-order valence-electron chi connectivity index (χ2n) is 4.53. The van der Waals surface area contributed by atoms with Gasteiger partial charge in [-0.15, -0.1) is 0 Å². The molecule has 21 heavy (non-hydrogen) atoms. The fourth-order valence-corrected chi connectivity index (χ4v) is 2.35. The number of carbonyl (C=O) groups excluding carboxylic acids is 1. The third-order valence-corrected chi connectivity index (χ3v) is 3.19. The van der Waals surface area contributed by atoms with Crippen molar-refractivity contribution in [1.82, 2.24) is 9.38 Å². The highest BCUT2D eigenvalue weighted by atomic mass is 16.5. The molecule has 3 heterocycles. The lowest BCUT2D eigenvalue weighted by Crippen LogP contribution is -2.05. The molecule has 0 bridgehead atoms. The van der Waals surface area contributed by atoms with Crippen LogP contribution >= 0.6 is 0 Å². The molecule has 0 atom stereocenters. The summed E-state index contributed by atoms with van der Waals surface area (Å²) in [6.07, 6.45) is 3.37. The van der Waals surface area contributed by atoms with E-state index in [1.54, 1.807) is 19.1 Å². The summed E-state index contributed by atoms with van der Waals surface area (Å²) in [6.45, 7) is 2.08. The average Bonchev–Trinajstić information content (AvgIpc) is 2.87. The number of carbonyl (C=O) groups is 1. The van der Waals surface area contributed by atoms with Crippen LogP contribution in [0.1, 0.15) is 17.3 Å². The maximum absolute atomic E-state index is 12.2. The van der Waals surface area contributed by atoms with E-state index in [1.165, 1.54) is 12.3 Å². The summed E-state index contributed by atoms with van der Waals surface area (Å²) in [5.41, 5.74) is 2.74. The lowest BCUT2D eigenvalue weighted by atomic mass is 10.1. The molecule has 3 aromatic rings. The van der Waals surface area contributed by atoms with E-state index in [0.717, 1.165) is 5.52 Å². The van der Waals surface area contributed by atoms with Gasteiger partial charge in [0.25, 0.3) is 0 Å². The van der Waals surface area contributed by atoms with Gasteiger partial charge in [-0.3, -0.25) is 0 Å². The minimum Gasteiger partial charge on any atom is -0.493 e. The van der Waals surface area contributed by atoms with Gasteiger partial charge in [0.15, 0.2) is 0 Å². The Bertz CT molecular complexity index is 808. The topological polar surface area (TPSA) is 63.8 Å². The van der Waals surface area contributed by atoms with Gasteiger partial charge < -0.3 is 14.2 Å². The Morgan fingerprint density at radius 2 is 2.19 bits per heavy atom. The predicted molar refractivity (Wildman–Crippen MR) is 78.2 cm³/mol. The fourth-order valence-electron chi connectivity index (χ4n) is 2.35. The first-order valence-corrected chi connectivity index (χ1v) is 6.63. The van der Waals surface area contributed by atoms with Gasteiger partial charge in [-0.05, 0) is 31.2 Å². The molecule has 0 fully saturated rings. The molecule has 0 radical (unpaired) electrons. The van der Waals surface area contributed by atoms with Crippen molar-refractivity contribution >= 4 is 11.5 Å². The van der Waals surface area contributed by atoms with Crippen molar-refractivity contribution in [1.29, 1.82) is 0 Å². The number of nitrogens with zero attached hydrogens (tertiary/aromatic N) is 2. The summed E-state index contributed by atoms with van der Waals surface area (Å²) < 4.78 is 7.01. The second kappa shape index (κ2) is 5.28. The van der Waals surface area contributed by atoms with Gasteiger partial charge >= 0.3 is 5.97 Å². The number of rotatable bonds is 3. The Hall–Kier alpha value is -2.82. The van der Waals surface area contributed by atoms with Crippen LogP contribution in [-0.4, -0.2) is 27.1 Å². The Kier molecular flexibility index (Phi) is 3.31. The monoisotopic (exact) mass is 282 g/mol. The van der Waals surface area contributed by atoms with Gasteiger partial charge in [0.05, 0.1) is 17.9 Å². The molecule has 0 aliphatic heterocycles. The van der Waals surface area contributed by atoms with Crippen molar-refractivity contribution in [3.63, 3.8) is 0 Å². The van der Waals surface area contributed by atoms with Crippen molar-refractivity contribution in [3.8, 4) is 17.1 Å². The number of esters is 1. The summed E-state index contributed by atoms with van der Waals surface area (Å²) in [6, 6.07) is 10.7. The number of ether oxygens (including phenoxy) is 1. The van der Waals surface area contributed by atoms with Crippen LogP contribution < -0.4 is 0 Å². The molecule has 0 saturated heterocycles. The lowest BCUT2D eigenvalue weighted by molar-refractivity contribution is 0.0527. The fraction of sp³-hybridized carbons (Fsp3) is 0.125. The Morgan fingerprint density at radius 3 is 2.95 bits per heavy atom. The minimum atomic E-state index is -0.382. The van der Waals surface area contributed by atoms with Crippen LogP contribution in [0, 0.1) is 0 Å². The molecule has 0 aliphatic rings. The van der Waals surface area contributed by atoms with E-state index in [-0.39, 0.29) is 11.8 Å². The number of fused-ring (bicyclic) bond motifs is 1. The molecule has 0 aromatic carbocycles. The summed E-state index contributed by atoms with van der Waals surface area (Å²) in [5, 5.41) is 9.58. The normalized spacial score (nSPS) is 10.7. The Balaban J connectivity index is 2.27. The quantitative estimate of drug-likeness (QED) is 0.750. The lowest BCUT2D eigenvalue weighted by Gasteiger charge is -2.07. The molecule has 106 valence electrons. The van der Waals surface area contributed by atoms with Gasteiger partial charge in [-0.25, -0.2) is 9.78 Å². The van der Waals surface area contributed by atoms with E-state index in [2.05, 4.69) is 4.98 Å². The first-order chi connectivity index (χ1) is 10.2. The van der Waals surface area contributed by atoms with E-state index in [1.807, 2.05) is 28.8 Å². The van der Waals surface area contributed by atoms with Crippen LogP contribution in [0.2, 0.25) is 0 Å². The molecule has 3 aromatic heterocycles. The molecular formula is C16H14N2O3. The van der Waals surface area contributed by atoms with Crippen LogP contribution in [0.15, 0.2) is 48.8 Å². The van der Waals surface area contributed by atoms with Gasteiger partial charge in [0, 0.05) is 29.5 Å². The van der Waals surface area contributed by atoms with Crippen molar-refractivity contribution in [2.45, 2.75) is 6.92 Å². The highest BCUT2D eigenvalue weighted by Gasteiger charge is 2.19. The van der Waals surface area contributed by atoms with Gasteiger partial charge in [-0.1, -0.05) is 6.07 Å². The molecule has 5 heteroatoms. The highest BCUT2D eigenvalue weighted by Crippen LogP contribution is 2.29. The number of hydrogen-bond acceptors (Lipinski definition) is 4. The van der Waals surface area contributed by atoms with Gasteiger partial charge in [0.2, 0.25) is 5.88 Å². The Labute approximate surface area is 121 Å². The standard InChI is InChI=1S/C16H14N2O3/c1-2-21-16(20)13-10-12-5-3-4-8-18(12)15(13)11-6-7-17-14(19)9-11/h3-10H,2H2,1H3,(H,17,19). The molecule has 0 saturated carbocycles. The van der Waals surface area contributed by atoms with E-state index >= 15 is 0 Å². The molecule has 0 unspecified atom stereocenters. The highest BCUT2D eigenvalue weighted by molar-refractivity contribution is 5.99. The maximum atomic E-state index is 12.2. The van der Waals surface area contributed by atoms with Crippen molar-refractivity contribution in [3.05, 3.63) is 54.4 Å². The number of aromatic hydroxyl groups is 1. The first kappa shape index (κ1) is 13.2. The zero-order chi connectivity index (χ0) is 14.8. The third kappa shape index (κ3) is 2.33.